The summed E-state index contributed by atoms with van der Waals surface area (Å²) in [5.74, 6) is -0.901. The number of nitrogen functional groups attached to an aromatic ring is 1. The van der Waals surface area contributed by atoms with E-state index >= 15 is 0 Å². The van der Waals surface area contributed by atoms with Gasteiger partial charge < -0.3 is 10.3 Å². The summed E-state index contributed by atoms with van der Waals surface area (Å²) in [5.41, 5.74) is 9.97. The lowest BCUT2D eigenvalue weighted by Crippen LogP contribution is -2.20. The first kappa shape index (κ1) is 19.6. The molecule has 0 atom stereocenters. The van der Waals surface area contributed by atoms with Gasteiger partial charge in [-0.2, -0.15) is 0 Å². The maximum absolute atomic E-state index is 13.9. The Morgan fingerprint density at radius 2 is 1.80 bits per heavy atom. The number of rotatable bonds is 4. The van der Waals surface area contributed by atoms with Crippen LogP contribution in [0.4, 0.5) is 10.1 Å². The molecule has 4 aromatic rings. The van der Waals surface area contributed by atoms with Crippen LogP contribution in [-0.2, 0) is 6.54 Å². The van der Waals surface area contributed by atoms with Crippen molar-refractivity contribution in [1.29, 1.82) is 0 Å². The molecule has 1 heterocycles. The monoisotopic (exact) mass is 400 g/mol. The Kier molecular flexibility index (Phi) is 4.96. The first-order chi connectivity index (χ1) is 14.3. The van der Waals surface area contributed by atoms with Crippen LogP contribution >= 0.6 is 0 Å². The zero-order valence-electron chi connectivity index (χ0n) is 16.8. The summed E-state index contributed by atoms with van der Waals surface area (Å²) < 4.78 is 15.7. The highest BCUT2D eigenvalue weighted by atomic mass is 19.1. The van der Waals surface area contributed by atoms with Crippen molar-refractivity contribution in [2.75, 3.05) is 5.73 Å². The van der Waals surface area contributed by atoms with Crippen LogP contribution in [0.15, 0.2) is 71.7 Å². The zero-order valence-corrected chi connectivity index (χ0v) is 16.8. The third-order valence-corrected chi connectivity index (χ3v) is 5.36. The predicted octanol–water partition coefficient (Wildman–Crippen LogP) is 4.62. The number of nitrogens with two attached hydrogens (primary N) is 1. The van der Waals surface area contributed by atoms with Crippen LogP contribution in [0.1, 0.15) is 32.6 Å². The Morgan fingerprint density at radius 3 is 2.53 bits per heavy atom. The minimum absolute atomic E-state index is 0.0141. The molecule has 0 aliphatic rings. The van der Waals surface area contributed by atoms with E-state index < -0.39 is 11.2 Å². The highest BCUT2D eigenvalue weighted by molar-refractivity contribution is 6.10. The number of halogens is 1. The topological polar surface area (TPSA) is 65.1 Å². The summed E-state index contributed by atoms with van der Waals surface area (Å²) >= 11 is 0. The molecule has 4 nitrogen and oxygen atoms in total. The van der Waals surface area contributed by atoms with Crippen molar-refractivity contribution in [2.45, 2.75) is 20.4 Å². The average Bonchev–Trinajstić information content (AvgIpc) is 2.71. The van der Waals surface area contributed by atoms with Crippen molar-refractivity contribution < 1.29 is 9.18 Å². The molecule has 2 N–H and O–H groups in total. The summed E-state index contributed by atoms with van der Waals surface area (Å²) in [5, 5.41) is 0.175. The molecule has 150 valence electrons. The average molecular weight is 400 g/mol. The van der Waals surface area contributed by atoms with Crippen LogP contribution in [0.3, 0.4) is 0 Å². The first-order valence-corrected chi connectivity index (χ1v) is 9.62. The molecule has 5 heteroatoms. The number of fused-ring (bicyclic) bond motifs is 1. The van der Waals surface area contributed by atoms with Gasteiger partial charge >= 0.3 is 0 Å². The highest BCUT2D eigenvalue weighted by Crippen LogP contribution is 2.19. The Bertz CT molecular complexity index is 1360. The molecule has 0 bridgehead atoms. The Hall–Kier alpha value is -3.73. The lowest BCUT2D eigenvalue weighted by atomic mass is 9.98. The molecule has 0 fully saturated rings. The van der Waals surface area contributed by atoms with Crippen molar-refractivity contribution in [3.05, 3.63) is 111 Å². The molecule has 4 rings (SSSR count). The molecule has 0 unspecified atom stereocenters. The van der Waals surface area contributed by atoms with Crippen LogP contribution in [0, 0.1) is 19.7 Å². The molecule has 0 saturated heterocycles. The summed E-state index contributed by atoms with van der Waals surface area (Å²) in [7, 11) is 0. The highest BCUT2D eigenvalue weighted by Gasteiger charge is 2.18. The number of benzene rings is 3. The summed E-state index contributed by atoms with van der Waals surface area (Å²) in [4.78, 5) is 26.3. The number of aromatic nitrogens is 1. The third-order valence-electron chi connectivity index (χ3n) is 5.36. The zero-order chi connectivity index (χ0) is 21.4. The SMILES string of the molecule is Cc1ccc(C(=O)c2cn(Cc3cccc(N)c3)c3ccc(F)cc3c2=O)cc1C. The van der Waals surface area contributed by atoms with Crippen molar-refractivity contribution in [3.63, 3.8) is 0 Å². The van der Waals surface area contributed by atoms with Gasteiger partial charge in [0.25, 0.3) is 0 Å². The number of anilines is 1. The Morgan fingerprint density at radius 1 is 1.00 bits per heavy atom. The van der Waals surface area contributed by atoms with Crippen LogP contribution in [0.2, 0.25) is 0 Å². The Labute approximate surface area is 173 Å². The summed E-state index contributed by atoms with van der Waals surface area (Å²) in [6.07, 6.45) is 1.56. The van der Waals surface area contributed by atoms with E-state index in [2.05, 4.69) is 0 Å². The second-order valence-electron chi connectivity index (χ2n) is 7.53. The fraction of sp³-hybridized carbons (Fsp3) is 0.120. The van der Waals surface area contributed by atoms with E-state index in [1.807, 2.05) is 38.1 Å². The quantitative estimate of drug-likeness (QED) is 0.402. The van der Waals surface area contributed by atoms with Crippen LogP contribution in [-0.4, -0.2) is 10.4 Å². The lowest BCUT2D eigenvalue weighted by molar-refractivity contribution is 0.103. The van der Waals surface area contributed by atoms with E-state index in [9.17, 15) is 14.0 Å². The van der Waals surface area contributed by atoms with Gasteiger partial charge in [0.05, 0.1) is 11.1 Å². The molecular formula is C25H21FN2O2. The van der Waals surface area contributed by atoms with Gasteiger partial charge in [-0.15, -0.1) is 0 Å². The van der Waals surface area contributed by atoms with E-state index in [0.29, 0.717) is 23.3 Å². The van der Waals surface area contributed by atoms with E-state index in [-0.39, 0.29) is 16.7 Å². The molecule has 0 spiro atoms. The summed E-state index contributed by atoms with van der Waals surface area (Å²) in [6.45, 7) is 4.27. The van der Waals surface area contributed by atoms with Gasteiger partial charge in [-0.05, 0) is 66.9 Å². The molecule has 0 amide bonds. The third kappa shape index (κ3) is 3.62. The minimum Gasteiger partial charge on any atom is -0.399 e. The number of ketones is 1. The number of hydrogen-bond donors (Lipinski definition) is 1. The second kappa shape index (κ2) is 7.59. The fourth-order valence-corrected chi connectivity index (χ4v) is 3.59. The molecule has 0 radical (unpaired) electrons. The normalized spacial score (nSPS) is 11.0. The number of carbonyl (C=O) groups excluding carboxylic acids is 1. The largest absolute Gasteiger partial charge is 0.399 e. The number of carbonyl (C=O) groups is 1. The Balaban J connectivity index is 1.91. The van der Waals surface area contributed by atoms with Gasteiger partial charge in [0.1, 0.15) is 5.82 Å². The molecular weight excluding hydrogens is 379 g/mol. The van der Waals surface area contributed by atoms with Crippen molar-refractivity contribution in [3.8, 4) is 0 Å². The minimum atomic E-state index is -0.522. The number of aryl methyl sites for hydroxylation is 2. The fourth-order valence-electron chi connectivity index (χ4n) is 3.59. The molecule has 3 aromatic carbocycles. The van der Waals surface area contributed by atoms with Crippen molar-refractivity contribution in [2.24, 2.45) is 0 Å². The molecule has 0 aliphatic heterocycles. The summed E-state index contributed by atoms with van der Waals surface area (Å²) in [6, 6.07) is 16.8. The van der Waals surface area contributed by atoms with Gasteiger partial charge in [0, 0.05) is 29.4 Å². The van der Waals surface area contributed by atoms with Gasteiger partial charge in [0.15, 0.2) is 5.78 Å². The van der Waals surface area contributed by atoms with E-state index in [0.717, 1.165) is 16.7 Å². The number of hydrogen-bond acceptors (Lipinski definition) is 3. The maximum Gasteiger partial charge on any atom is 0.200 e. The van der Waals surface area contributed by atoms with E-state index in [4.69, 9.17) is 5.73 Å². The molecule has 0 aliphatic carbocycles. The van der Waals surface area contributed by atoms with E-state index in [1.54, 1.807) is 35.0 Å². The standard InChI is InChI=1S/C25H21FN2O2/c1-15-6-7-18(10-16(15)2)24(29)22-14-28(13-17-4-3-5-20(27)11-17)23-9-8-19(26)12-21(23)25(22)30/h3-12,14H,13,27H2,1-2H3. The van der Waals surface area contributed by atoms with Gasteiger partial charge in [-0.1, -0.05) is 24.3 Å². The van der Waals surface area contributed by atoms with E-state index in [1.165, 1.54) is 12.1 Å². The van der Waals surface area contributed by atoms with Crippen molar-refractivity contribution >= 4 is 22.4 Å². The van der Waals surface area contributed by atoms with Crippen LogP contribution in [0.5, 0.6) is 0 Å². The first-order valence-electron chi connectivity index (χ1n) is 9.62. The van der Waals surface area contributed by atoms with Crippen molar-refractivity contribution in [1.82, 2.24) is 4.57 Å². The predicted molar refractivity (Wildman–Crippen MR) is 117 cm³/mol. The second-order valence-corrected chi connectivity index (χ2v) is 7.53. The van der Waals surface area contributed by atoms with Crippen LogP contribution < -0.4 is 11.2 Å². The van der Waals surface area contributed by atoms with Crippen LogP contribution in [0.25, 0.3) is 10.9 Å². The smallest absolute Gasteiger partial charge is 0.200 e. The molecule has 1 aromatic heterocycles. The molecule has 0 saturated carbocycles. The number of nitrogens with zero attached hydrogens (tertiary/aromatic N) is 1. The van der Waals surface area contributed by atoms with Gasteiger partial charge in [-0.25, -0.2) is 4.39 Å². The lowest BCUT2D eigenvalue weighted by Gasteiger charge is -2.14. The maximum atomic E-state index is 13.9. The molecule has 30 heavy (non-hydrogen) atoms. The van der Waals surface area contributed by atoms with Gasteiger partial charge in [-0.3, -0.25) is 9.59 Å². The number of pyridine rings is 1. The van der Waals surface area contributed by atoms with Gasteiger partial charge in [0.2, 0.25) is 5.43 Å².